The molecule has 0 radical (unpaired) electrons. The molecule has 5 rings (SSSR count). The number of hydrogen-bond donors (Lipinski definition) is 1. The van der Waals surface area contributed by atoms with Crippen LogP contribution in [0.25, 0.3) is 21.2 Å². The fourth-order valence-corrected chi connectivity index (χ4v) is 6.98. The van der Waals surface area contributed by atoms with Crippen LogP contribution in [0, 0.1) is 0 Å². The maximum Gasteiger partial charge on any atom is 0.337 e. The molecule has 2 aromatic heterocycles. The van der Waals surface area contributed by atoms with Gasteiger partial charge >= 0.3 is 5.97 Å². The molecule has 0 atom stereocenters. The van der Waals surface area contributed by atoms with E-state index in [-0.39, 0.29) is 11.9 Å². The zero-order chi connectivity index (χ0) is 28.1. The number of hydrogen-bond acceptors (Lipinski definition) is 6. The number of nitrogens with zero attached hydrogens (tertiary/aromatic N) is 2. The van der Waals surface area contributed by atoms with Crippen LogP contribution in [0.4, 0.5) is 0 Å². The molecule has 0 unspecified atom stereocenters. The molecule has 2 heterocycles. The molecule has 2 aromatic carbocycles. The molecule has 1 N–H and O–H groups in total. The van der Waals surface area contributed by atoms with Gasteiger partial charge in [0, 0.05) is 41.1 Å². The second-order valence-corrected chi connectivity index (χ2v) is 11.7. The van der Waals surface area contributed by atoms with E-state index in [2.05, 4.69) is 35.4 Å². The third-order valence-electron chi connectivity index (χ3n) is 7.62. The number of amides is 1. The smallest absolute Gasteiger partial charge is 0.337 e. The monoisotopic (exact) mass is 575 g/mol. The number of halogens is 1. The Labute approximate surface area is 244 Å². The Bertz CT molecular complexity index is 1480. The van der Waals surface area contributed by atoms with E-state index in [1.54, 1.807) is 30.6 Å². The predicted octanol–water partition coefficient (Wildman–Crippen LogP) is 7.36. The minimum atomic E-state index is -0.413. The molecule has 208 valence electrons. The fraction of sp³-hybridized carbons (Fsp3) is 0.344. The Hall–Kier alpha value is -3.26. The second-order valence-electron chi connectivity index (χ2n) is 10.3. The van der Waals surface area contributed by atoms with Crippen LogP contribution in [-0.2, 0) is 11.3 Å². The number of carbonyl (C=O) groups excluding carboxylic acids is 2. The van der Waals surface area contributed by atoms with E-state index < -0.39 is 5.97 Å². The number of carbonyl (C=O) groups is 2. The van der Waals surface area contributed by atoms with E-state index in [1.165, 1.54) is 18.4 Å². The first-order valence-electron chi connectivity index (χ1n) is 13.8. The summed E-state index contributed by atoms with van der Waals surface area (Å²) in [6, 6.07) is 18.2. The van der Waals surface area contributed by atoms with E-state index in [0.717, 1.165) is 65.4 Å². The first-order chi connectivity index (χ1) is 19.5. The summed E-state index contributed by atoms with van der Waals surface area (Å²) >= 11 is 8.16. The summed E-state index contributed by atoms with van der Waals surface area (Å²) in [5.74, 6) is -0.478. The molecule has 0 spiro atoms. The van der Waals surface area contributed by atoms with Crippen molar-refractivity contribution < 1.29 is 14.3 Å². The molecule has 1 amide bonds. The number of rotatable bonds is 9. The van der Waals surface area contributed by atoms with Crippen molar-refractivity contribution in [2.24, 2.45) is 0 Å². The number of methoxy groups -OCH3 is 1. The Morgan fingerprint density at radius 1 is 1.05 bits per heavy atom. The van der Waals surface area contributed by atoms with Gasteiger partial charge < -0.3 is 15.0 Å². The van der Waals surface area contributed by atoms with Gasteiger partial charge in [-0.15, -0.1) is 11.3 Å². The van der Waals surface area contributed by atoms with Gasteiger partial charge in [-0.05, 0) is 85.7 Å². The molecule has 8 heteroatoms. The average Bonchev–Trinajstić information content (AvgIpc) is 3.34. The van der Waals surface area contributed by atoms with Gasteiger partial charge in [0.1, 0.15) is 4.88 Å². The van der Waals surface area contributed by atoms with Gasteiger partial charge in [0.15, 0.2) is 0 Å². The largest absolute Gasteiger partial charge is 0.465 e. The summed E-state index contributed by atoms with van der Waals surface area (Å²) in [6.07, 6.45) is 8.64. The van der Waals surface area contributed by atoms with Crippen molar-refractivity contribution in [3.05, 3.63) is 88.0 Å². The number of aromatic nitrogens is 1. The van der Waals surface area contributed by atoms with Crippen molar-refractivity contribution in [3.63, 3.8) is 0 Å². The highest BCUT2D eigenvalue weighted by Gasteiger charge is 2.32. The highest BCUT2D eigenvalue weighted by Crippen LogP contribution is 2.38. The zero-order valence-electron chi connectivity index (χ0n) is 22.9. The van der Waals surface area contributed by atoms with Gasteiger partial charge in [0.25, 0.3) is 5.91 Å². The third kappa shape index (κ3) is 6.22. The molecule has 0 bridgehead atoms. The van der Waals surface area contributed by atoms with Gasteiger partial charge in [-0.25, -0.2) is 4.79 Å². The number of esters is 1. The first kappa shape index (κ1) is 28.3. The molecule has 1 aliphatic rings. The molecule has 0 saturated heterocycles. The Morgan fingerprint density at radius 3 is 2.55 bits per heavy atom. The van der Waals surface area contributed by atoms with E-state index in [9.17, 15) is 9.59 Å². The van der Waals surface area contributed by atoms with Gasteiger partial charge in [0.2, 0.25) is 0 Å². The number of pyridine rings is 1. The van der Waals surface area contributed by atoms with Crippen molar-refractivity contribution in [2.45, 2.75) is 57.7 Å². The zero-order valence-corrected chi connectivity index (χ0v) is 24.4. The number of benzene rings is 2. The first-order valence-corrected chi connectivity index (χ1v) is 15.0. The normalized spacial score (nSPS) is 17.1. The molecule has 40 heavy (non-hydrogen) atoms. The van der Waals surface area contributed by atoms with Crippen LogP contribution >= 0.6 is 22.9 Å². The molecule has 6 nitrogen and oxygen atoms in total. The van der Waals surface area contributed by atoms with Crippen molar-refractivity contribution in [2.75, 3.05) is 13.7 Å². The Balaban J connectivity index is 1.46. The minimum absolute atomic E-state index is 0.0647. The van der Waals surface area contributed by atoms with E-state index >= 15 is 0 Å². The SMILES string of the molecule is CCCNC1CCC(N(Cc2cccc(-c3ccncc3)c2)C(=O)c2sc3cc(C(=O)OC)ccc3c2Cl)CC1. The summed E-state index contributed by atoms with van der Waals surface area (Å²) in [4.78, 5) is 33.0. The number of nitrogens with one attached hydrogen (secondary N) is 1. The summed E-state index contributed by atoms with van der Waals surface area (Å²) < 4.78 is 5.67. The molecule has 1 saturated carbocycles. The molecule has 0 aliphatic heterocycles. The molecular weight excluding hydrogens is 542 g/mol. The van der Waals surface area contributed by atoms with Crippen LogP contribution in [-0.4, -0.2) is 47.5 Å². The van der Waals surface area contributed by atoms with E-state index in [1.807, 2.05) is 23.1 Å². The third-order valence-corrected chi connectivity index (χ3v) is 9.26. The average molecular weight is 576 g/mol. The summed E-state index contributed by atoms with van der Waals surface area (Å²) in [5.41, 5.74) is 3.69. The van der Waals surface area contributed by atoms with Crippen LogP contribution in [0.15, 0.2) is 67.0 Å². The molecule has 1 aliphatic carbocycles. The molecular formula is C32H34ClN3O3S. The lowest BCUT2D eigenvalue weighted by atomic mass is 9.89. The summed E-state index contributed by atoms with van der Waals surface area (Å²) in [6.45, 7) is 3.69. The summed E-state index contributed by atoms with van der Waals surface area (Å²) in [7, 11) is 1.36. The maximum absolute atomic E-state index is 14.3. The van der Waals surface area contributed by atoms with Gasteiger partial charge in [-0.2, -0.15) is 0 Å². The van der Waals surface area contributed by atoms with Crippen LogP contribution in [0.1, 0.15) is 64.6 Å². The predicted molar refractivity (Wildman–Crippen MR) is 162 cm³/mol. The van der Waals surface area contributed by atoms with Crippen molar-refractivity contribution in [1.82, 2.24) is 15.2 Å². The van der Waals surface area contributed by atoms with Gasteiger partial charge in [-0.3, -0.25) is 9.78 Å². The van der Waals surface area contributed by atoms with Crippen LogP contribution in [0.2, 0.25) is 5.02 Å². The quantitative estimate of drug-likeness (QED) is 0.211. The standard InChI is InChI=1S/C32H34ClN3O3S/c1-3-15-35-25-8-10-26(11-9-25)36(20-21-5-4-6-23(18-21)22-13-16-34-17-14-22)31(37)30-29(33)27-12-7-24(32(38)39-2)19-28(27)40-30/h4-7,12-14,16-19,25-26,35H,3,8-11,15,20H2,1-2H3. The second kappa shape index (κ2) is 12.9. The minimum Gasteiger partial charge on any atom is -0.465 e. The van der Waals surface area contributed by atoms with Gasteiger partial charge in [0.05, 0.1) is 17.7 Å². The van der Waals surface area contributed by atoms with Crippen LogP contribution < -0.4 is 5.32 Å². The van der Waals surface area contributed by atoms with Crippen LogP contribution in [0.5, 0.6) is 0 Å². The lowest BCUT2D eigenvalue weighted by Gasteiger charge is -2.37. The maximum atomic E-state index is 14.3. The Kier molecular flexibility index (Phi) is 9.15. The lowest BCUT2D eigenvalue weighted by molar-refractivity contribution is 0.0595. The highest BCUT2D eigenvalue weighted by molar-refractivity contribution is 7.21. The highest BCUT2D eigenvalue weighted by atomic mass is 35.5. The van der Waals surface area contributed by atoms with Crippen molar-refractivity contribution in [3.8, 4) is 11.1 Å². The van der Waals surface area contributed by atoms with Crippen LogP contribution in [0.3, 0.4) is 0 Å². The Morgan fingerprint density at radius 2 is 1.82 bits per heavy atom. The fourth-order valence-electron chi connectivity index (χ4n) is 5.48. The van der Waals surface area contributed by atoms with E-state index in [0.29, 0.717) is 28.0 Å². The lowest BCUT2D eigenvalue weighted by Crippen LogP contribution is -2.45. The number of ether oxygens (including phenoxy) is 1. The van der Waals surface area contributed by atoms with Gasteiger partial charge in [-0.1, -0.05) is 42.8 Å². The topological polar surface area (TPSA) is 71.5 Å². The molecule has 4 aromatic rings. The number of fused-ring (bicyclic) bond motifs is 1. The summed E-state index contributed by atoms with van der Waals surface area (Å²) in [5, 5.41) is 4.86. The number of thiophene rings is 1. The molecule has 1 fully saturated rings. The van der Waals surface area contributed by atoms with E-state index in [4.69, 9.17) is 16.3 Å². The van der Waals surface area contributed by atoms with Crippen molar-refractivity contribution >= 4 is 44.9 Å². The van der Waals surface area contributed by atoms with Crippen molar-refractivity contribution in [1.29, 1.82) is 0 Å².